The van der Waals surface area contributed by atoms with Gasteiger partial charge in [0.25, 0.3) is 5.56 Å². The molecule has 1 aliphatic heterocycles. The summed E-state index contributed by atoms with van der Waals surface area (Å²) in [6.07, 6.45) is 0. The lowest BCUT2D eigenvalue weighted by molar-refractivity contribution is 0.384. The third-order valence-corrected chi connectivity index (χ3v) is 7.91. The van der Waals surface area contributed by atoms with Gasteiger partial charge in [-0.2, -0.15) is 9.40 Å². The number of hydrogen-bond donors (Lipinski definition) is 1. The average molecular weight is 455 g/mol. The minimum Gasteiger partial charge on any atom is -0.497 e. The average Bonchev–Trinajstić information content (AvgIpc) is 2.81. The van der Waals surface area contributed by atoms with Gasteiger partial charge >= 0.3 is 0 Å². The lowest BCUT2D eigenvalue weighted by Crippen LogP contribution is -2.48. The van der Waals surface area contributed by atoms with Crippen LogP contribution < -0.4 is 15.2 Å². The van der Waals surface area contributed by atoms with E-state index in [0.29, 0.717) is 37.4 Å². The molecule has 1 fully saturated rings. The normalized spacial score (nSPS) is 15.0. The Balaban J connectivity index is 1.58. The number of anilines is 1. The smallest absolute Gasteiger partial charge is 0.264 e. The lowest BCUT2D eigenvalue weighted by atomic mass is 10.0. The fraction of sp³-hybridized carbons (Fsp3) is 0.304. The molecule has 1 aromatic heterocycles. The fourth-order valence-corrected chi connectivity index (χ4v) is 5.61. The van der Waals surface area contributed by atoms with E-state index in [1.54, 1.807) is 23.5 Å². The lowest BCUT2D eigenvalue weighted by Gasteiger charge is -2.35. The summed E-state index contributed by atoms with van der Waals surface area (Å²) in [4.78, 5) is 13.8. The molecule has 0 spiro atoms. The van der Waals surface area contributed by atoms with Crippen LogP contribution in [0.5, 0.6) is 5.75 Å². The van der Waals surface area contributed by atoms with Gasteiger partial charge in [-0.05, 0) is 67.4 Å². The van der Waals surface area contributed by atoms with Crippen molar-refractivity contribution in [3.63, 3.8) is 0 Å². The van der Waals surface area contributed by atoms with Crippen LogP contribution in [0, 0.1) is 13.8 Å². The molecule has 9 heteroatoms. The molecule has 168 valence electrons. The molecule has 1 aliphatic rings. The topological polar surface area (TPSA) is 95.6 Å². The molecule has 1 saturated heterocycles. The number of rotatable bonds is 5. The Labute approximate surface area is 187 Å². The number of aromatic amines is 1. The number of aromatic nitrogens is 2. The summed E-state index contributed by atoms with van der Waals surface area (Å²) in [5.74, 6) is 0.790. The van der Waals surface area contributed by atoms with Gasteiger partial charge in [-0.25, -0.2) is 13.5 Å². The summed E-state index contributed by atoms with van der Waals surface area (Å²) < 4.78 is 33.8. The Kier molecular flexibility index (Phi) is 6.03. The van der Waals surface area contributed by atoms with E-state index in [2.05, 4.69) is 15.1 Å². The quantitative estimate of drug-likeness (QED) is 0.637. The highest BCUT2D eigenvalue weighted by molar-refractivity contribution is 7.89. The van der Waals surface area contributed by atoms with E-state index >= 15 is 0 Å². The van der Waals surface area contributed by atoms with E-state index in [-0.39, 0.29) is 10.5 Å². The summed E-state index contributed by atoms with van der Waals surface area (Å²) in [6.45, 7) is 5.70. The predicted molar refractivity (Wildman–Crippen MR) is 124 cm³/mol. The number of aryl methyl sites for hydroxylation is 1. The zero-order valence-electron chi connectivity index (χ0n) is 18.3. The van der Waals surface area contributed by atoms with Crippen LogP contribution in [0.15, 0.2) is 58.2 Å². The van der Waals surface area contributed by atoms with Crippen molar-refractivity contribution in [2.24, 2.45) is 0 Å². The number of benzene rings is 2. The van der Waals surface area contributed by atoms with Crippen molar-refractivity contribution in [3.05, 3.63) is 70.0 Å². The number of ether oxygens (including phenoxy) is 1. The molecule has 0 unspecified atom stereocenters. The number of methoxy groups -OCH3 is 1. The van der Waals surface area contributed by atoms with Crippen molar-refractivity contribution in [2.45, 2.75) is 18.7 Å². The van der Waals surface area contributed by atoms with Gasteiger partial charge in [0.1, 0.15) is 5.75 Å². The molecule has 0 amide bonds. The number of piperazine rings is 1. The first-order chi connectivity index (χ1) is 15.3. The van der Waals surface area contributed by atoms with Crippen molar-refractivity contribution in [1.82, 2.24) is 14.5 Å². The number of H-pyrrole nitrogens is 1. The fourth-order valence-electron chi connectivity index (χ4n) is 3.87. The monoisotopic (exact) mass is 454 g/mol. The Morgan fingerprint density at radius 3 is 2.25 bits per heavy atom. The van der Waals surface area contributed by atoms with Crippen LogP contribution in [0.25, 0.3) is 11.3 Å². The first kappa shape index (κ1) is 22.0. The van der Waals surface area contributed by atoms with Crippen LogP contribution in [-0.2, 0) is 10.0 Å². The molecule has 0 atom stereocenters. The van der Waals surface area contributed by atoms with Crippen molar-refractivity contribution in [3.8, 4) is 17.0 Å². The van der Waals surface area contributed by atoms with Crippen LogP contribution in [-0.4, -0.2) is 56.2 Å². The SMILES string of the molecule is COc1ccc(N2CCN(S(=O)(=O)c3cc(-c4ccc(=O)[nH]n4)cc(C)c3C)CC2)cc1. The van der Waals surface area contributed by atoms with Gasteiger partial charge in [0.15, 0.2) is 0 Å². The van der Waals surface area contributed by atoms with Gasteiger partial charge in [-0.3, -0.25) is 4.79 Å². The van der Waals surface area contributed by atoms with Crippen molar-refractivity contribution in [1.29, 1.82) is 0 Å². The number of nitrogens with one attached hydrogen (secondary N) is 1. The van der Waals surface area contributed by atoms with Crippen LogP contribution in [0.4, 0.5) is 5.69 Å². The molecular weight excluding hydrogens is 428 g/mol. The second kappa shape index (κ2) is 8.76. The second-order valence-electron chi connectivity index (χ2n) is 7.81. The van der Waals surface area contributed by atoms with E-state index in [9.17, 15) is 13.2 Å². The van der Waals surface area contributed by atoms with Gasteiger partial charge in [0, 0.05) is 43.5 Å². The maximum atomic E-state index is 13.5. The Morgan fingerprint density at radius 1 is 0.969 bits per heavy atom. The molecule has 0 saturated carbocycles. The van der Waals surface area contributed by atoms with E-state index < -0.39 is 10.0 Å². The molecule has 0 aliphatic carbocycles. The molecule has 8 nitrogen and oxygen atoms in total. The molecule has 4 rings (SSSR count). The highest BCUT2D eigenvalue weighted by Crippen LogP contribution is 2.30. The number of nitrogens with zero attached hydrogens (tertiary/aromatic N) is 3. The van der Waals surface area contributed by atoms with Crippen molar-refractivity contribution < 1.29 is 13.2 Å². The molecule has 0 radical (unpaired) electrons. The van der Waals surface area contributed by atoms with Gasteiger partial charge in [0.05, 0.1) is 17.7 Å². The summed E-state index contributed by atoms with van der Waals surface area (Å²) in [7, 11) is -2.05. The maximum Gasteiger partial charge on any atom is 0.264 e. The first-order valence-corrected chi connectivity index (χ1v) is 11.8. The predicted octanol–water partition coefficient (Wildman–Crippen LogP) is 2.57. The highest BCUT2D eigenvalue weighted by Gasteiger charge is 2.30. The van der Waals surface area contributed by atoms with Crippen molar-refractivity contribution in [2.75, 3.05) is 38.2 Å². The van der Waals surface area contributed by atoms with E-state index in [0.717, 1.165) is 22.6 Å². The summed E-state index contributed by atoms with van der Waals surface area (Å²) in [6, 6.07) is 14.3. The second-order valence-corrected chi connectivity index (χ2v) is 9.72. The molecule has 2 heterocycles. The van der Waals surface area contributed by atoms with Crippen LogP contribution >= 0.6 is 0 Å². The minimum atomic E-state index is -3.68. The Morgan fingerprint density at radius 2 is 1.66 bits per heavy atom. The molecule has 0 bridgehead atoms. The highest BCUT2D eigenvalue weighted by atomic mass is 32.2. The van der Waals surface area contributed by atoms with E-state index in [1.165, 1.54) is 6.07 Å². The zero-order valence-corrected chi connectivity index (χ0v) is 19.1. The summed E-state index contributed by atoms with van der Waals surface area (Å²) >= 11 is 0. The zero-order chi connectivity index (χ0) is 22.9. The minimum absolute atomic E-state index is 0.276. The summed E-state index contributed by atoms with van der Waals surface area (Å²) in [5, 5.41) is 6.45. The van der Waals surface area contributed by atoms with Gasteiger partial charge in [0.2, 0.25) is 10.0 Å². The van der Waals surface area contributed by atoms with Gasteiger partial charge < -0.3 is 9.64 Å². The molecule has 32 heavy (non-hydrogen) atoms. The molecular formula is C23H26N4O4S. The van der Waals surface area contributed by atoms with Crippen LogP contribution in [0.2, 0.25) is 0 Å². The number of hydrogen-bond acceptors (Lipinski definition) is 6. The summed E-state index contributed by atoms with van der Waals surface area (Å²) in [5.41, 5.74) is 3.48. The molecule has 1 N–H and O–H groups in total. The Hall–Kier alpha value is -3.17. The van der Waals surface area contributed by atoms with Gasteiger partial charge in [-0.15, -0.1) is 0 Å². The van der Waals surface area contributed by atoms with Crippen LogP contribution in [0.3, 0.4) is 0 Å². The Bertz CT molecular complexity index is 1260. The number of sulfonamides is 1. The van der Waals surface area contributed by atoms with E-state index in [1.807, 2.05) is 44.2 Å². The van der Waals surface area contributed by atoms with Gasteiger partial charge in [-0.1, -0.05) is 0 Å². The largest absolute Gasteiger partial charge is 0.497 e. The third-order valence-electron chi connectivity index (χ3n) is 5.89. The molecule has 2 aromatic carbocycles. The van der Waals surface area contributed by atoms with Crippen molar-refractivity contribution >= 4 is 15.7 Å². The third kappa shape index (κ3) is 4.26. The standard InChI is InChI=1S/C23H26N4O4S/c1-16-14-18(21-8-9-23(28)25-24-21)15-22(17(16)2)32(29,30)27-12-10-26(11-13-27)19-4-6-20(31-3)7-5-19/h4-9,14-15H,10-13H2,1-3H3,(H,25,28). The van der Waals surface area contributed by atoms with E-state index in [4.69, 9.17) is 4.74 Å². The first-order valence-electron chi connectivity index (χ1n) is 10.4. The van der Waals surface area contributed by atoms with Crippen LogP contribution in [0.1, 0.15) is 11.1 Å². The molecule has 3 aromatic rings. The maximum absolute atomic E-state index is 13.5.